The third-order valence-electron chi connectivity index (χ3n) is 10.6. The van der Waals surface area contributed by atoms with Crippen molar-refractivity contribution in [3.05, 3.63) is 174 Å². The number of para-hydroxylation sites is 4. The summed E-state index contributed by atoms with van der Waals surface area (Å²) in [6, 6.07) is 53.9. The molecule has 238 valence electrons. The summed E-state index contributed by atoms with van der Waals surface area (Å²) in [5.74, 6) is 3.50. The second-order valence-corrected chi connectivity index (χ2v) is 14.2. The minimum absolute atomic E-state index is 0.251. The number of ether oxygens (including phenoxy) is 2. The molecule has 0 unspecified atom stereocenters. The third-order valence-corrected chi connectivity index (χ3v) is 10.6. The van der Waals surface area contributed by atoms with Crippen LogP contribution in [-0.2, 0) is 10.8 Å². The van der Waals surface area contributed by atoms with Gasteiger partial charge in [0.1, 0.15) is 11.5 Å². The van der Waals surface area contributed by atoms with Crippen LogP contribution in [0.15, 0.2) is 152 Å². The Morgan fingerprint density at radius 3 is 1.45 bits per heavy atom. The Balaban J connectivity index is 1.25. The van der Waals surface area contributed by atoms with Crippen molar-refractivity contribution in [3.63, 3.8) is 0 Å². The molecule has 3 nitrogen and oxygen atoms in total. The maximum Gasteiger partial charge on any atom is 0.155 e. The molecule has 0 saturated heterocycles. The van der Waals surface area contributed by atoms with Gasteiger partial charge in [-0.05, 0) is 64.4 Å². The average molecular weight is 636 g/mol. The Labute approximate surface area is 288 Å². The molecule has 2 aliphatic rings. The number of anilines is 3. The first kappa shape index (κ1) is 29.3. The molecular weight excluding hydrogens is 599 g/mol. The van der Waals surface area contributed by atoms with E-state index < -0.39 is 0 Å². The Morgan fingerprint density at radius 1 is 0.408 bits per heavy atom. The van der Waals surface area contributed by atoms with Crippen LogP contribution in [0.1, 0.15) is 49.9 Å². The highest BCUT2D eigenvalue weighted by Crippen LogP contribution is 2.57. The van der Waals surface area contributed by atoms with Gasteiger partial charge < -0.3 is 14.4 Å². The molecular formula is C46H37NO2. The summed E-state index contributed by atoms with van der Waals surface area (Å²) in [6.07, 6.45) is 0. The van der Waals surface area contributed by atoms with E-state index in [9.17, 15) is 0 Å². The van der Waals surface area contributed by atoms with E-state index in [1.54, 1.807) is 0 Å². The van der Waals surface area contributed by atoms with Crippen LogP contribution in [0.4, 0.5) is 17.1 Å². The molecule has 0 saturated carbocycles. The molecule has 2 aliphatic heterocycles. The normalized spacial score (nSPS) is 14.8. The SMILES string of the molecule is CC1(C)c2ccccc2Oc2c(N(c3ccc(-c4ccc5ccccc5c4)cc3)c3cccc4c3Oc3ccccc3C4(C)C)cccc21. The van der Waals surface area contributed by atoms with Crippen LogP contribution in [0, 0.1) is 0 Å². The average Bonchev–Trinajstić information content (AvgIpc) is 3.12. The van der Waals surface area contributed by atoms with Crippen molar-refractivity contribution < 1.29 is 9.47 Å². The highest BCUT2D eigenvalue weighted by atomic mass is 16.5. The molecule has 0 atom stereocenters. The number of nitrogens with zero attached hydrogens (tertiary/aromatic N) is 1. The van der Waals surface area contributed by atoms with Crippen LogP contribution in [0.25, 0.3) is 21.9 Å². The number of hydrogen-bond donors (Lipinski definition) is 0. The Bertz CT molecular complexity index is 2290. The van der Waals surface area contributed by atoms with Crippen molar-refractivity contribution >= 4 is 27.8 Å². The van der Waals surface area contributed by atoms with E-state index in [1.165, 1.54) is 27.5 Å². The minimum Gasteiger partial charge on any atom is -0.455 e. The maximum absolute atomic E-state index is 6.86. The van der Waals surface area contributed by atoms with Gasteiger partial charge in [0, 0.05) is 38.8 Å². The van der Waals surface area contributed by atoms with Gasteiger partial charge in [-0.1, -0.05) is 137 Å². The molecule has 0 aliphatic carbocycles. The quantitative estimate of drug-likeness (QED) is 0.192. The zero-order valence-electron chi connectivity index (χ0n) is 28.2. The van der Waals surface area contributed by atoms with Gasteiger partial charge in [-0.2, -0.15) is 0 Å². The lowest BCUT2D eigenvalue weighted by Gasteiger charge is -2.39. The lowest BCUT2D eigenvalue weighted by atomic mass is 9.75. The van der Waals surface area contributed by atoms with Gasteiger partial charge in [-0.25, -0.2) is 0 Å². The molecule has 2 heterocycles. The van der Waals surface area contributed by atoms with Crippen molar-refractivity contribution in [2.24, 2.45) is 0 Å². The summed E-state index contributed by atoms with van der Waals surface area (Å²) in [7, 11) is 0. The van der Waals surface area contributed by atoms with E-state index in [4.69, 9.17) is 9.47 Å². The second-order valence-electron chi connectivity index (χ2n) is 14.2. The largest absolute Gasteiger partial charge is 0.455 e. The van der Waals surface area contributed by atoms with Gasteiger partial charge in [-0.15, -0.1) is 0 Å². The van der Waals surface area contributed by atoms with Gasteiger partial charge in [0.25, 0.3) is 0 Å². The van der Waals surface area contributed by atoms with Gasteiger partial charge in [0.15, 0.2) is 11.5 Å². The monoisotopic (exact) mass is 635 g/mol. The summed E-state index contributed by atoms with van der Waals surface area (Å²) in [4.78, 5) is 2.32. The van der Waals surface area contributed by atoms with E-state index in [1.807, 2.05) is 12.1 Å². The highest BCUT2D eigenvalue weighted by molar-refractivity contribution is 5.89. The number of rotatable bonds is 4. The summed E-state index contributed by atoms with van der Waals surface area (Å²) in [5, 5.41) is 2.48. The first-order valence-corrected chi connectivity index (χ1v) is 17.0. The molecule has 0 bridgehead atoms. The van der Waals surface area contributed by atoms with E-state index in [0.29, 0.717) is 0 Å². The summed E-state index contributed by atoms with van der Waals surface area (Å²) in [6.45, 7) is 9.14. The molecule has 9 rings (SSSR count). The maximum atomic E-state index is 6.86. The summed E-state index contributed by atoms with van der Waals surface area (Å²) >= 11 is 0. The van der Waals surface area contributed by atoms with Crippen molar-refractivity contribution in [2.75, 3.05) is 4.90 Å². The van der Waals surface area contributed by atoms with Gasteiger partial charge in [0.2, 0.25) is 0 Å². The lowest BCUT2D eigenvalue weighted by Crippen LogP contribution is -2.27. The van der Waals surface area contributed by atoms with Crippen LogP contribution < -0.4 is 14.4 Å². The molecule has 0 radical (unpaired) electrons. The fourth-order valence-corrected chi connectivity index (χ4v) is 7.83. The molecule has 7 aromatic rings. The van der Waals surface area contributed by atoms with Crippen molar-refractivity contribution in [1.29, 1.82) is 0 Å². The molecule has 0 fully saturated rings. The van der Waals surface area contributed by atoms with E-state index in [-0.39, 0.29) is 10.8 Å². The minimum atomic E-state index is -0.251. The van der Waals surface area contributed by atoms with Crippen LogP contribution in [0.2, 0.25) is 0 Å². The predicted molar refractivity (Wildman–Crippen MR) is 201 cm³/mol. The first-order chi connectivity index (χ1) is 23.8. The second kappa shape index (κ2) is 10.9. The smallest absolute Gasteiger partial charge is 0.155 e. The zero-order chi connectivity index (χ0) is 33.3. The van der Waals surface area contributed by atoms with Crippen molar-refractivity contribution in [2.45, 2.75) is 38.5 Å². The van der Waals surface area contributed by atoms with E-state index in [0.717, 1.165) is 56.8 Å². The lowest BCUT2D eigenvalue weighted by molar-refractivity contribution is 0.416. The van der Waals surface area contributed by atoms with Gasteiger partial charge in [-0.3, -0.25) is 0 Å². The number of benzene rings is 7. The Hall–Kier alpha value is -5.80. The number of fused-ring (bicyclic) bond motifs is 5. The standard InChI is InChI=1S/C46H37NO2/c1-45(2)35-15-7-9-21-41(35)48-43-37(45)17-11-19-39(43)47(34-27-25-31(26-28-34)33-24-23-30-13-5-6-14-32(30)29-33)40-20-12-18-38-44(40)49-42-22-10-8-16-36(42)46(38,3)4/h5-29H,1-4H3. The third kappa shape index (κ3) is 4.57. The summed E-state index contributed by atoms with van der Waals surface area (Å²) < 4.78 is 13.7. The molecule has 7 aromatic carbocycles. The predicted octanol–water partition coefficient (Wildman–Crippen LogP) is 12.8. The molecule has 0 amide bonds. The topological polar surface area (TPSA) is 21.7 Å². The Kier molecular flexibility index (Phi) is 6.51. The van der Waals surface area contributed by atoms with E-state index >= 15 is 0 Å². The fourth-order valence-electron chi connectivity index (χ4n) is 7.83. The van der Waals surface area contributed by atoms with Gasteiger partial charge in [0.05, 0.1) is 11.4 Å². The molecule has 0 N–H and O–H groups in total. The summed E-state index contributed by atoms with van der Waals surface area (Å²) in [5.41, 5.74) is 9.47. The number of hydrogen-bond acceptors (Lipinski definition) is 3. The van der Waals surface area contributed by atoms with Crippen LogP contribution in [-0.4, -0.2) is 0 Å². The molecule has 49 heavy (non-hydrogen) atoms. The molecule has 0 aromatic heterocycles. The van der Waals surface area contributed by atoms with Crippen LogP contribution in [0.5, 0.6) is 23.0 Å². The molecule has 0 spiro atoms. The van der Waals surface area contributed by atoms with Crippen LogP contribution >= 0.6 is 0 Å². The highest BCUT2D eigenvalue weighted by Gasteiger charge is 2.39. The zero-order valence-corrected chi connectivity index (χ0v) is 28.2. The fraction of sp³-hybridized carbons (Fsp3) is 0.130. The van der Waals surface area contributed by atoms with Gasteiger partial charge >= 0.3 is 0 Å². The Morgan fingerprint density at radius 2 is 0.878 bits per heavy atom. The van der Waals surface area contributed by atoms with Crippen molar-refractivity contribution in [1.82, 2.24) is 0 Å². The van der Waals surface area contributed by atoms with Crippen LogP contribution in [0.3, 0.4) is 0 Å². The van der Waals surface area contributed by atoms with Crippen molar-refractivity contribution in [3.8, 4) is 34.1 Å². The first-order valence-electron chi connectivity index (χ1n) is 17.0. The van der Waals surface area contributed by atoms with E-state index in [2.05, 4.69) is 172 Å². The molecule has 3 heteroatoms.